The van der Waals surface area contributed by atoms with Gasteiger partial charge >= 0.3 is 0 Å². The van der Waals surface area contributed by atoms with Gasteiger partial charge in [-0.1, -0.05) is 23.9 Å². The number of fused-ring (bicyclic) bond motifs is 2. The molecule has 1 aliphatic rings. The van der Waals surface area contributed by atoms with Gasteiger partial charge in [-0.2, -0.15) is 0 Å². The number of hydrogen-bond donors (Lipinski definition) is 1. The molecule has 4 rings (SSSR count). The van der Waals surface area contributed by atoms with Crippen LogP contribution in [0.5, 0.6) is 5.75 Å². The molecule has 0 atom stereocenters. The second kappa shape index (κ2) is 8.59. The van der Waals surface area contributed by atoms with Crippen molar-refractivity contribution in [3.8, 4) is 5.75 Å². The number of hydrogen-bond acceptors (Lipinski definition) is 5. The molecule has 0 unspecified atom stereocenters. The number of benzene rings is 2. The Balaban J connectivity index is 1.58. The highest BCUT2D eigenvalue weighted by atomic mass is 32.2. The topological polar surface area (TPSA) is 71.5 Å². The number of methoxy groups -OCH3 is 1. The predicted molar refractivity (Wildman–Crippen MR) is 117 cm³/mol. The van der Waals surface area contributed by atoms with Gasteiger partial charge in [0.25, 0.3) is 5.91 Å². The molecule has 0 spiro atoms. The maximum atomic E-state index is 12.9. The molecule has 3 aromatic rings. The minimum Gasteiger partial charge on any atom is -0.497 e. The molecular formula is C23H21N3O3S. The van der Waals surface area contributed by atoms with Crippen LogP contribution in [0.1, 0.15) is 22.8 Å². The molecule has 7 heteroatoms. The predicted octanol–water partition coefficient (Wildman–Crippen LogP) is 4.40. The monoisotopic (exact) mass is 419 g/mol. The van der Waals surface area contributed by atoms with Crippen molar-refractivity contribution < 1.29 is 14.3 Å². The van der Waals surface area contributed by atoms with E-state index in [1.54, 1.807) is 30.3 Å². The van der Waals surface area contributed by atoms with Crippen LogP contribution in [-0.4, -0.2) is 30.5 Å². The zero-order valence-corrected chi connectivity index (χ0v) is 17.5. The molecule has 2 heterocycles. The number of nitrogens with one attached hydrogen (secondary N) is 1. The van der Waals surface area contributed by atoms with Crippen molar-refractivity contribution >= 4 is 35.0 Å². The van der Waals surface area contributed by atoms with Crippen LogP contribution in [0, 0.1) is 0 Å². The third kappa shape index (κ3) is 4.02. The van der Waals surface area contributed by atoms with Gasteiger partial charge in [0.2, 0.25) is 5.91 Å². The quantitative estimate of drug-likeness (QED) is 0.664. The highest BCUT2D eigenvalue weighted by Crippen LogP contribution is 2.41. The van der Waals surface area contributed by atoms with Crippen LogP contribution in [0.2, 0.25) is 0 Å². The first-order valence-corrected chi connectivity index (χ1v) is 10.4. The molecule has 0 saturated carbocycles. The Bertz CT molecular complexity index is 1120. The fourth-order valence-corrected chi connectivity index (χ4v) is 4.43. The fourth-order valence-electron chi connectivity index (χ4n) is 3.38. The first kappa shape index (κ1) is 20.0. The fraction of sp³-hybridized carbons (Fsp3) is 0.174. The Morgan fingerprint density at radius 2 is 2.03 bits per heavy atom. The lowest BCUT2D eigenvalue weighted by Crippen LogP contribution is -2.30. The molecule has 0 fully saturated rings. The minimum atomic E-state index is -0.122. The van der Waals surface area contributed by atoms with Crippen LogP contribution in [0.3, 0.4) is 0 Å². The summed E-state index contributed by atoms with van der Waals surface area (Å²) in [4.78, 5) is 32.5. The van der Waals surface area contributed by atoms with E-state index in [0.717, 1.165) is 21.9 Å². The number of nitrogens with zero attached hydrogens (tertiary/aromatic N) is 2. The van der Waals surface area contributed by atoms with Gasteiger partial charge in [0.1, 0.15) is 10.8 Å². The number of ether oxygens (including phenoxy) is 1. The summed E-state index contributed by atoms with van der Waals surface area (Å²) in [7, 11) is 1.60. The number of carbonyl (C=O) groups excluding carboxylic acids is 2. The molecule has 1 N–H and O–H groups in total. The van der Waals surface area contributed by atoms with E-state index in [1.165, 1.54) is 11.8 Å². The third-order valence-electron chi connectivity index (χ3n) is 4.80. The van der Waals surface area contributed by atoms with E-state index < -0.39 is 0 Å². The molecule has 0 radical (unpaired) electrons. The van der Waals surface area contributed by atoms with Crippen molar-refractivity contribution in [3.05, 3.63) is 71.9 Å². The van der Waals surface area contributed by atoms with Gasteiger partial charge in [-0.15, -0.1) is 0 Å². The molecule has 2 aromatic carbocycles. The third-order valence-corrected chi connectivity index (χ3v) is 5.87. The van der Waals surface area contributed by atoms with Crippen LogP contribution in [0.4, 0.5) is 11.4 Å². The number of amides is 2. The molecule has 1 aliphatic heterocycles. The molecule has 0 bridgehead atoms. The number of carbonyl (C=O) groups is 2. The Labute approximate surface area is 179 Å². The number of aromatic nitrogens is 1. The molecule has 6 nitrogen and oxygen atoms in total. The summed E-state index contributed by atoms with van der Waals surface area (Å²) in [5.41, 5.74) is 2.95. The van der Waals surface area contributed by atoms with E-state index in [1.807, 2.05) is 49.4 Å². The molecule has 152 valence electrons. The average molecular weight is 420 g/mol. The summed E-state index contributed by atoms with van der Waals surface area (Å²) in [5, 5.41) is 3.62. The summed E-state index contributed by atoms with van der Waals surface area (Å²) < 4.78 is 5.21. The largest absolute Gasteiger partial charge is 0.497 e. The van der Waals surface area contributed by atoms with Gasteiger partial charge in [0.05, 0.1) is 24.8 Å². The Kier molecular flexibility index (Phi) is 5.72. The highest BCUT2D eigenvalue weighted by Gasteiger charge is 2.27. The van der Waals surface area contributed by atoms with E-state index in [0.29, 0.717) is 22.8 Å². The van der Waals surface area contributed by atoms with Crippen LogP contribution in [0.15, 0.2) is 70.7 Å². The van der Waals surface area contributed by atoms with E-state index in [9.17, 15) is 9.59 Å². The van der Waals surface area contributed by atoms with Crippen molar-refractivity contribution in [2.24, 2.45) is 0 Å². The Morgan fingerprint density at radius 1 is 1.17 bits per heavy atom. The first-order chi connectivity index (χ1) is 14.6. The van der Waals surface area contributed by atoms with Gasteiger partial charge in [0, 0.05) is 23.3 Å². The van der Waals surface area contributed by atoms with Gasteiger partial charge in [-0.05, 0) is 55.0 Å². The van der Waals surface area contributed by atoms with E-state index in [4.69, 9.17) is 4.74 Å². The van der Waals surface area contributed by atoms with Gasteiger partial charge in [-0.25, -0.2) is 4.98 Å². The first-order valence-electron chi connectivity index (χ1n) is 9.60. The summed E-state index contributed by atoms with van der Waals surface area (Å²) in [6.45, 7) is 2.49. The van der Waals surface area contributed by atoms with Crippen LogP contribution < -0.4 is 15.0 Å². The average Bonchev–Trinajstić information content (AvgIpc) is 2.87. The van der Waals surface area contributed by atoms with Gasteiger partial charge in [0.15, 0.2) is 0 Å². The summed E-state index contributed by atoms with van der Waals surface area (Å²) in [5.74, 6) is 0.530. The second-order valence-corrected chi connectivity index (χ2v) is 7.80. The second-order valence-electron chi connectivity index (χ2n) is 6.77. The standard InChI is InChI=1S/C23H21N3O3S/c1-3-26-19-10-9-16(25-21(27)13-15-6-4-7-17(12-15)29-2)14-20(19)30-22-18(23(26)28)8-5-11-24-22/h4-12,14H,3,13H2,1-2H3,(H,25,27). The lowest BCUT2D eigenvalue weighted by molar-refractivity contribution is -0.115. The van der Waals surface area contributed by atoms with Crippen LogP contribution in [0.25, 0.3) is 0 Å². The number of anilines is 2. The maximum absolute atomic E-state index is 12.9. The molecule has 1 aromatic heterocycles. The zero-order chi connectivity index (χ0) is 21.1. The van der Waals surface area contributed by atoms with Crippen LogP contribution in [-0.2, 0) is 11.2 Å². The van der Waals surface area contributed by atoms with Crippen molar-refractivity contribution in [3.63, 3.8) is 0 Å². The highest BCUT2D eigenvalue weighted by molar-refractivity contribution is 7.99. The normalized spacial score (nSPS) is 12.6. The van der Waals surface area contributed by atoms with E-state index >= 15 is 0 Å². The molecule has 30 heavy (non-hydrogen) atoms. The molecular weight excluding hydrogens is 398 g/mol. The summed E-state index contributed by atoms with van der Waals surface area (Å²) >= 11 is 1.43. The maximum Gasteiger partial charge on any atom is 0.261 e. The van der Waals surface area contributed by atoms with Crippen molar-refractivity contribution in [2.75, 3.05) is 23.9 Å². The van der Waals surface area contributed by atoms with Crippen molar-refractivity contribution in [2.45, 2.75) is 23.3 Å². The van der Waals surface area contributed by atoms with Gasteiger partial charge < -0.3 is 15.0 Å². The molecule has 0 aliphatic carbocycles. The zero-order valence-electron chi connectivity index (χ0n) is 16.7. The molecule has 0 saturated heterocycles. The smallest absolute Gasteiger partial charge is 0.261 e. The Hall–Kier alpha value is -3.32. The lowest BCUT2D eigenvalue weighted by atomic mass is 10.1. The van der Waals surface area contributed by atoms with E-state index in [2.05, 4.69) is 10.3 Å². The van der Waals surface area contributed by atoms with Crippen molar-refractivity contribution in [1.29, 1.82) is 0 Å². The Morgan fingerprint density at radius 3 is 2.83 bits per heavy atom. The van der Waals surface area contributed by atoms with E-state index in [-0.39, 0.29) is 18.2 Å². The summed E-state index contributed by atoms with van der Waals surface area (Å²) in [6.07, 6.45) is 1.92. The number of rotatable bonds is 5. The SMILES string of the molecule is CCN1C(=O)c2cccnc2Sc2cc(NC(=O)Cc3cccc(OC)c3)ccc21. The van der Waals surface area contributed by atoms with Crippen LogP contribution >= 0.6 is 11.8 Å². The number of pyridine rings is 1. The lowest BCUT2D eigenvalue weighted by Gasteiger charge is -2.21. The minimum absolute atomic E-state index is 0.0679. The summed E-state index contributed by atoms with van der Waals surface area (Å²) in [6, 6.07) is 16.6. The van der Waals surface area contributed by atoms with Crippen molar-refractivity contribution in [1.82, 2.24) is 4.98 Å². The molecule has 2 amide bonds. The van der Waals surface area contributed by atoms with Gasteiger partial charge in [-0.3, -0.25) is 9.59 Å².